The summed E-state index contributed by atoms with van der Waals surface area (Å²) in [6, 6.07) is 6.85. The van der Waals surface area contributed by atoms with Gasteiger partial charge in [-0.15, -0.1) is 5.43 Å². The van der Waals surface area contributed by atoms with Crippen LogP contribution in [-0.2, 0) is 0 Å². The van der Waals surface area contributed by atoms with Gasteiger partial charge in [-0.1, -0.05) is 12.1 Å². The van der Waals surface area contributed by atoms with E-state index in [0.29, 0.717) is 10.2 Å². The van der Waals surface area contributed by atoms with Crippen molar-refractivity contribution in [3.05, 3.63) is 38.9 Å². The summed E-state index contributed by atoms with van der Waals surface area (Å²) in [4.78, 5) is 9.99. The summed E-state index contributed by atoms with van der Waals surface area (Å²) >= 11 is 3.16. The van der Waals surface area contributed by atoms with E-state index in [9.17, 15) is 10.1 Å². The van der Waals surface area contributed by atoms with Gasteiger partial charge < -0.3 is 0 Å². The van der Waals surface area contributed by atoms with Crippen molar-refractivity contribution in [3.8, 4) is 0 Å². The number of benzene rings is 1. The third kappa shape index (κ3) is 2.19. The summed E-state index contributed by atoms with van der Waals surface area (Å²) in [5.74, 6) is 0. The number of nitrogens with one attached hydrogen (secondary N) is 1. The average molecular weight is 217 g/mol. The van der Waals surface area contributed by atoms with Crippen molar-refractivity contribution in [2.75, 3.05) is 5.43 Å². The van der Waals surface area contributed by atoms with Crippen molar-refractivity contribution in [1.29, 1.82) is 0 Å². The monoisotopic (exact) mass is 216 g/mol. The largest absolute Gasteiger partial charge is 0.235 e. The lowest BCUT2D eigenvalue weighted by Gasteiger charge is -1.97. The van der Waals surface area contributed by atoms with Crippen LogP contribution in [0.5, 0.6) is 0 Å². The van der Waals surface area contributed by atoms with E-state index in [1.807, 2.05) is 5.43 Å². The van der Waals surface area contributed by atoms with Crippen LogP contribution in [0, 0.1) is 10.1 Å². The molecule has 1 rings (SSSR count). The molecule has 1 aromatic rings. The summed E-state index contributed by atoms with van der Waals surface area (Å²) in [5.41, 5.74) is 2.50. The molecule has 0 radical (unpaired) electrons. The summed E-state index contributed by atoms with van der Waals surface area (Å²) in [7, 11) is 0. The zero-order chi connectivity index (χ0) is 8.27. The Balaban J connectivity index is 2.86. The first kappa shape index (κ1) is 8.00. The van der Waals surface area contributed by atoms with Gasteiger partial charge in [0.2, 0.25) is 0 Å². The van der Waals surface area contributed by atoms with Gasteiger partial charge in [0, 0.05) is 4.47 Å². The molecule has 0 amide bonds. The van der Waals surface area contributed by atoms with E-state index in [2.05, 4.69) is 15.9 Å². The van der Waals surface area contributed by atoms with E-state index in [4.69, 9.17) is 0 Å². The van der Waals surface area contributed by atoms with E-state index in [-0.39, 0.29) is 0 Å². The Morgan fingerprint density at radius 3 is 2.64 bits per heavy atom. The fourth-order valence-electron chi connectivity index (χ4n) is 0.650. The van der Waals surface area contributed by atoms with E-state index in [0.717, 1.165) is 0 Å². The first-order valence-electron chi connectivity index (χ1n) is 2.86. The van der Waals surface area contributed by atoms with Crippen LogP contribution in [0.2, 0.25) is 0 Å². The van der Waals surface area contributed by atoms with Crippen molar-refractivity contribution in [1.82, 2.24) is 0 Å². The molecule has 4 nitrogen and oxygen atoms in total. The minimum absolute atomic E-state index is 0.456. The zero-order valence-corrected chi connectivity index (χ0v) is 7.04. The highest BCUT2D eigenvalue weighted by atomic mass is 79.9. The molecule has 5 heteroatoms. The molecule has 0 aliphatic heterocycles. The summed E-state index contributed by atoms with van der Waals surface area (Å²) in [6.07, 6.45) is 0. The van der Waals surface area contributed by atoms with Crippen LogP contribution in [-0.4, -0.2) is 5.03 Å². The fourth-order valence-corrected chi connectivity index (χ4v) is 1.02. The fraction of sp³-hybridized carbons (Fsp3) is 0. The lowest BCUT2D eigenvalue weighted by Crippen LogP contribution is -2.07. The van der Waals surface area contributed by atoms with Crippen molar-refractivity contribution >= 4 is 21.6 Å². The van der Waals surface area contributed by atoms with Gasteiger partial charge in [-0.25, -0.2) is 10.1 Å². The third-order valence-corrected chi connectivity index (χ3v) is 1.78. The zero-order valence-electron chi connectivity index (χ0n) is 5.45. The second-order valence-corrected chi connectivity index (χ2v) is 2.70. The van der Waals surface area contributed by atoms with Gasteiger partial charge in [-0.05, 0) is 28.1 Å². The molecule has 0 aliphatic rings. The molecular formula is C6H5BrN2O2. The molecule has 11 heavy (non-hydrogen) atoms. The number of anilines is 1. The lowest BCUT2D eigenvalue weighted by molar-refractivity contribution is -0.445. The normalized spacial score (nSPS) is 9.18. The van der Waals surface area contributed by atoms with Crippen molar-refractivity contribution in [2.24, 2.45) is 0 Å². The predicted octanol–water partition coefficient (Wildman–Crippen LogP) is 2.05. The molecule has 0 spiro atoms. The Bertz CT molecular complexity index is 277. The minimum atomic E-state index is -0.597. The number of para-hydroxylation sites is 1. The molecule has 0 fully saturated rings. The van der Waals surface area contributed by atoms with Crippen LogP contribution < -0.4 is 5.43 Å². The topological polar surface area (TPSA) is 55.2 Å². The maximum Gasteiger partial charge on any atom is 0.162 e. The highest BCUT2D eigenvalue weighted by Crippen LogP contribution is 2.20. The summed E-state index contributed by atoms with van der Waals surface area (Å²) in [6.45, 7) is 0. The van der Waals surface area contributed by atoms with Crippen LogP contribution in [0.15, 0.2) is 28.7 Å². The van der Waals surface area contributed by atoms with E-state index in [1.54, 1.807) is 24.3 Å². The molecule has 0 bridgehead atoms. The molecule has 0 aliphatic carbocycles. The van der Waals surface area contributed by atoms with Gasteiger partial charge in [-0.2, -0.15) is 0 Å². The Labute approximate surface area is 71.5 Å². The summed E-state index contributed by atoms with van der Waals surface area (Å²) < 4.78 is 0.678. The predicted molar refractivity (Wildman–Crippen MR) is 44.8 cm³/mol. The maximum absolute atomic E-state index is 9.99. The quantitative estimate of drug-likeness (QED) is 0.609. The number of hydrogen-bond donors (Lipinski definition) is 1. The molecule has 58 valence electrons. The molecule has 0 aromatic heterocycles. The molecule has 1 N–H and O–H groups in total. The van der Waals surface area contributed by atoms with Gasteiger partial charge in [-0.3, -0.25) is 0 Å². The maximum atomic E-state index is 9.99. The number of rotatable bonds is 2. The second kappa shape index (κ2) is 3.34. The molecule has 0 atom stereocenters. The number of halogens is 1. The average Bonchev–Trinajstić information content (AvgIpc) is 1.93. The van der Waals surface area contributed by atoms with Crippen molar-refractivity contribution < 1.29 is 5.03 Å². The van der Waals surface area contributed by atoms with Crippen molar-refractivity contribution in [3.63, 3.8) is 0 Å². The van der Waals surface area contributed by atoms with Crippen LogP contribution in [0.3, 0.4) is 0 Å². The number of nitrogens with zero attached hydrogens (tertiary/aromatic N) is 1. The molecule has 1 aromatic carbocycles. The van der Waals surface area contributed by atoms with E-state index < -0.39 is 5.03 Å². The Hall–Kier alpha value is -1.10. The third-order valence-electron chi connectivity index (χ3n) is 1.09. The van der Waals surface area contributed by atoms with Gasteiger partial charge >= 0.3 is 0 Å². The second-order valence-electron chi connectivity index (χ2n) is 1.85. The molecule has 0 unspecified atom stereocenters. The van der Waals surface area contributed by atoms with E-state index >= 15 is 0 Å². The first-order valence-corrected chi connectivity index (χ1v) is 3.65. The Morgan fingerprint density at radius 2 is 2.09 bits per heavy atom. The molecular weight excluding hydrogens is 212 g/mol. The lowest BCUT2D eigenvalue weighted by atomic mass is 10.3. The van der Waals surface area contributed by atoms with Gasteiger partial charge in [0.15, 0.2) is 5.03 Å². The minimum Gasteiger partial charge on any atom is -0.235 e. The number of hydrogen-bond acceptors (Lipinski definition) is 2. The standard InChI is InChI=1S/C6H5BrN2O2/c7-5-3-1-2-4-6(5)8-9(10)11/h1-4,8H. The van der Waals surface area contributed by atoms with Gasteiger partial charge in [0.25, 0.3) is 0 Å². The highest BCUT2D eigenvalue weighted by Gasteiger charge is 2.01. The molecule has 0 heterocycles. The number of hydrazine groups is 1. The Kier molecular flexibility index (Phi) is 2.43. The SMILES string of the molecule is O=[N+]([O-])Nc1ccccc1Br. The first-order chi connectivity index (χ1) is 5.20. The van der Waals surface area contributed by atoms with Crippen molar-refractivity contribution in [2.45, 2.75) is 0 Å². The Morgan fingerprint density at radius 1 is 1.45 bits per heavy atom. The van der Waals surface area contributed by atoms with Gasteiger partial charge in [0.05, 0.1) is 0 Å². The van der Waals surface area contributed by atoms with E-state index in [1.165, 1.54) is 0 Å². The van der Waals surface area contributed by atoms with Gasteiger partial charge in [0.1, 0.15) is 5.69 Å². The summed E-state index contributed by atoms with van der Waals surface area (Å²) in [5, 5.41) is 9.40. The number of nitro groups is 1. The molecule has 0 saturated heterocycles. The highest BCUT2D eigenvalue weighted by molar-refractivity contribution is 9.10. The smallest absolute Gasteiger partial charge is 0.162 e. The van der Waals surface area contributed by atoms with Crippen LogP contribution in [0.25, 0.3) is 0 Å². The van der Waals surface area contributed by atoms with Crippen LogP contribution >= 0.6 is 15.9 Å². The van der Waals surface area contributed by atoms with Crippen LogP contribution in [0.4, 0.5) is 5.69 Å². The van der Waals surface area contributed by atoms with Crippen LogP contribution in [0.1, 0.15) is 0 Å². The molecule has 0 saturated carbocycles.